The number of carbonyl (C=O) groups excluding carboxylic acids is 1. The number of amides is 1. The number of hydrogen-bond acceptors (Lipinski definition) is 4. The molecule has 1 saturated carbocycles. The van der Waals surface area contributed by atoms with Crippen LogP contribution in [0.2, 0.25) is 0 Å². The molecule has 158 valence electrons. The molecule has 3 heterocycles. The highest BCUT2D eigenvalue weighted by atomic mass is 16.2. The molecule has 2 fully saturated rings. The molecular weight excluding hydrogens is 372 g/mol. The molecule has 1 N–H and O–H groups in total. The van der Waals surface area contributed by atoms with Gasteiger partial charge in [-0.25, -0.2) is 4.98 Å². The molecule has 5 nitrogen and oxygen atoms in total. The molecule has 0 unspecified atom stereocenters. The van der Waals surface area contributed by atoms with Crippen LogP contribution in [-0.4, -0.2) is 47.5 Å². The first-order valence-corrected chi connectivity index (χ1v) is 11.2. The van der Waals surface area contributed by atoms with Crippen LogP contribution in [-0.2, 0) is 5.41 Å². The van der Waals surface area contributed by atoms with Crippen molar-refractivity contribution in [2.45, 2.75) is 57.4 Å². The molecule has 1 amide bonds. The molecule has 1 saturated heterocycles. The van der Waals surface area contributed by atoms with Gasteiger partial charge in [-0.05, 0) is 62.4 Å². The molecule has 2 aliphatic heterocycles. The van der Waals surface area contributed by atoms with Crippen LogP contribution in [0.15, 0.2) is 36.4 Å². The van der Waals surface area contributed by atoms with Crippen LogP contribution >= 0.6 is 0 Å². The molecule has 1 aromatic carbocycles. The van der Waals surface area contributed by atoms with Gasteiger partial charge in [-0.15, -0.1) is 0 Å². The molecule has 1 aromatic heterocycles. The summed E-state index contributed by atoms with van der Waals surface area (Å²) in [5.74, 6) is 0.804. The van der Waals surface area contributed by atoms with E-state index in [1.54, 1.807) is 0 Å². The van der Waals surface area contributed by atoms with Crippen molar-refractivity contribution < 1.29 is 4.79 Å². The van der Waals surface area contributed by atoms with Gasteiger partial charge in [-0.2, -0.15) is 0 Å². The molecule has 5 rings (SSSR count). The molecule has 5 heteroatoms. The standard InChI is InChI=1S/C25H32N4O/c1-24(2)16-28(19-9-7-18(8-10-19)17-5-6-17)21-12-11-20(27-22(21)24)23(30)29-14-13-26-15-25(29,3)4/h7-12,17,26H,5-6,13-16H2,1-4H3. The number of fused-ring (bicyclic) bond motifs is 1. The van der Waals surface area contributed by atoms with Gasteiger partial charge in [0.15, 0.2) is 0 Å². The Balaban J connectivity index is 1.46. The zero-order chi connectivity index (χ0) is 21.1. The normalized spacial score (nSPS) is 22.1. The summed E-state index contributed by atoms with van der Waals surface area (Å²) in [7, 11) is 0. The Morgan fingerprint density at radius 1 is 1.07 bits per heavy atom. The lowest BCUT2D eigenvalue weighted by Crippen LogP contribution is -2.60. The highest BCUT2D eigenvalue weighted by Gasteiger charge is 2.40. The fourth-order valence-corrected chi connectivity index (χ4v) is 4.91. The van der Waals surface area contributed by atoms with Crippen molar-refractivity contribution in [1.29, 1.82) is 0 Å². The third kappa shape index (κ3) is 3.29. The summed E-state index contributed by atoms with van der Waals surface area (Å²) in [6, 6.07) is 13.0. The molecule has 0 atom stereocenters. The van der Waals surface area contributed by atoms with Gasteiger partial charge in [0.2, 0.25) is 0 Å². The number of benzene rings is 1. The SMILES string of the molecule is CC1(C)CN(c2ccc(C3CC3)cc2)c2ccc(C(=O)N3CCNCC3(C)C)nc21. The van der Waals surface area contributed by atoms with Crippen LogP contribution in [0.4, 0.5) is 11.4 Å². The predicted octanol–water partition coefficient (Wildman–Crippen LogP) is 4.21. The van der Waals surface area contributed by atoms with E-state index in [9.17, 15) is 4.79 Å². The maximum absolute atomic E-state index is 13.3. The second kappa shape index (κ2) is 6.81. The molecule has 2 aromatic rings. The molecule has 0 spiro atoms. The molecule has 1 aliphatic carbocycles. The van der Waals surface area contributed by atoms with Crippen molar-refractivity contribution in [3.8, 4) is 0 Å². The maximum Gasteiger partial charge on any atom is 0.272 e. The monoisotopic (exact) mass is 404 g/mol. The minimum atomic E-state index is -0.207. The largest absolute Gasteiger partial charge is 0.339 e. The van der Waals surface area contributed by atoms with Gasteiger partial charge < -0.3 is 15.1 Å². The summed E-state index contributed by atoms with van der Waals surface area (Å²) in [6.07, 6.45) is 2.65. The third-order valence-corrected chi connectivity index (χ3v) is 6.88. The van der Waals surface area contributed by atoms with Crippen LogP contribution in [0.25, 0.3) is 0 Å². The second-order valence-corrected chi connectivity index (χ2v) is 10.3. The fraction of sp³-hybridized carbons (Fsp3) is 0.520. The van der Waals surface area contributed by atoms with Crippen molar-refractivity contribution in [3.63, 3.8) is 0 Å². The zero-order valence-electron chi connectivity index (χ0n) is 18.5. The quantitative estimate of drug-likeness (QED) is 0.832. The predicted molar refractivity (Wildman–Crippen MR) is 121 cm³/mol. The second-order valence-electron chi connectivity index (χ2n) is 10.3. The van der Waals surface area contributed by atoms with Gasteiger partial charge in [-0.1, -0.05) is 26.0 Å². The molecule has 0 radical (unpaired) electrons. The zero-order valence-corrected chi connectivity index (χ0v) is 18.5. The van der Waals surface area contributed by atoms with Gasteiger partial charge in [0.05, 0.1) is 16.9 Å². The van der Waals surface area contributed by atoms with Gasteiger partial charge in [0.25, 0.3) is 5.91 Å². The molecule has 3 aliphatic rings. The Kier molecular flexibility index (Phi) is 4.44. The number of anilines is 2. The molecule has 30 heavy (non-hydrogen) atoms. The van der Waals surface area contributed by atoms with E-state index in [4.69, 9.17) is 4.98 Å². The number of piperazine rings is 1. The number of aromatic nitrogens is 1. The van der Waals surface area contributed by atoms with E-state index in [1.165, 1.54) is 24.1 Å². The van der Waals surface area contributed by atoms with Gasteiger partial charge >= 0.3 is 0 Å². The Labute approximate surface area is 179 Å². The Bertz CT molecular complexity index is 975. The lowest BCUT2D eigenvalue weighted by molar-refractivity contribution is 0.0471. The summed E-state index contributed by atoms with van der Waals surface area (Å²) in [5, 5.41) is 3.38. The average molecular weight is 405 g/mol. The molecule has 0 bridgehead atoms. The number of pyridine rings is 1. The average Bonchev–Trinajstić information content (AvgIpc) is 3.53. The summed E-state index contributed by atoms with van der Waals surface area (Å²) in [4.78, 5) is 22.5. The highest BCUT2D eigenvalue weighted by Crippen LogP contribution is 2.45. The van der Waals surface area contributed by atoms with Gasteiger partial charge in [-0.3, -0.25) is 4.79 Å². The van der Waals surface area contributed by atoms with Gasteiger partial charge in [0.1, 0.15) is 5.69 Å². The van der Waals surface area contributed by atoms with E-state index in [2.05, 4.69) is 68.2 Å². The fourth-order valence-electron chi connectivity index (χ4n) is 4.91. The van der Waals surface area contributed by atoms with E-state index in [1.807, 2.05) is 11.0 Å². The Morgan fingerprint density at radius 3 is 2.47 bits per heavy atom. The lowest BCUT2D eigenvalue weighted by Gasteiger charge is -2.42. The number of carbonyl (C=O) groups is 1. The van der Waals surface area contributed by atoms with Gasteiger partial charge in [0, 0.05) is 37.3 Å². The summed E-state index contributed by atoms with van der Waals surface area (Å²) >= 11 is 0. The number of nitrogens with zero attached hydrogens (tertiary/aromatic N) is 3. The van der Waals surface area contributed by atoms with Crippen molar-refractivity contribution in [2.24, 2.45) is 0 Å². The van der Waals surface area contributed by atoms with Crippen LogP contribution in [0.3, 0.4) is 0 Å². The number of hydrogen-bond donors (Lipinski definition) is 1. The summed E-state index contributed by atoms with van der Waals surface area (Å²) in [6.45, 7) is 11.9. The van der Waals surface area contributed by atoms with E-state index >= 15 is 0 Å². The van der Waals surface area contributed by atoms with E-state index in [0.717, 1.165) is 36.9 Å². The first-order chi connectivity index (χ1) is 14.3. The maximum atomic E-state index is 13.3. The van der Waals surface area contributed by atoms with Crippen molar-refractivity contribution in [2.75, 3.05) is 31.1 Å². The minimum Gasteiger partial charge on any atom is -0.339 e. The molecular formula is C25H32N4O. The van der Waals surface area contributed by atoms with E-state index in [0.29, 0.717) is 12.2 Å². The Hall–Kier alpha value is -2.40. The number of rotatable bonds is 3. The van der Waals surface area contributed by atoms with Crippen molar-refractivity contribution in [3.05, 3.63) is 53.3 Å². The van der Waals surface area contributed by atoms with Crippen molar-refractivity contribution >= 4 is 17.3 Å². The van der Waals surface area contributed by atoms with Crippen LogP contribution in [0.5, 0.6) is 0 Å². The third-order valence-electron chi connectivity index (χ3n) is 6.88. The van der Waals surface area contributed by atoms with E-state index < -0.39 is 0 Å². The van der Waals surface area contributed by atoms with Crippen LogP contribution < -0.4 is 10.2 Å². The van der Waals surface area contributed by atoms with Crippen LogP contribution in [0.1, 0.15) is 68.2 Å². The van der Waals surface area contributed by atoms with Crippen LogP contribution in [0, 0.1) is 0 Å². The number of nitrogens with one attached hydrogen (secondary N) is 1. The summed E-state index contributed by atoms with van der Waals surface area (Å²) < 4.78 is 0. The van der Waals surface area contributed by atoms with Crippen molar-refractivity contribution in [1.82, 2.24) is 15.2 Å². The summed E-state index contributed by atoms with van der Waals surface area (Å²) in [5.41, 5.74) is 5.04. The first-order valence-electron chi connectivity index (χ1n) is 11.2. The smallest absolute Gasteiger partial charge is 0.272 e. The Morgan fingerprint density at radius 2 is 1.80 bits per heavy atom. The first kappa shape index (κ1) is 19.6. The topological polar surface area (TPSA) is 48.5 Å². The lowest BCUT2D eigenvalue weighted by atomic mass is 9.91. The minimum absolute atomic E-state index is 0.0346. The highest BCUT2D eigenvalue weighted by molar-refractivity contribution is 5.93. The van der Waals surface area contributed by atoms with E-state index in [-0.39, 0.29) is 16.9 Å².